The molecule has 2 rings (SSSR count). The largest absolute Gasteiger partial charge is 0.293 e. The molecule has 1 unspecified atom stereocenters. The van der Waals surface area contributed by atoms with Crippen LogP contribution < -0.4 is 0 Å². The smallest absolute Gasteiger partial charge is 0.244 e. The van der Waals surface area contributed by atoms with Gasteiger partial charge in [-0.05, 0) is 38.5 Å². The number of hydrogen-bond acceptors (Lipinski definition) is 3. The third-order valence-electron chi connectivity index (χ3n) is 3.41. The number of sulfonamides is 1. The van der Waals surface area contributed by atoms with Gasteiger partial charge in [-0.1, -0.05) is 23.8 Å². The van der Waals surface area contributed by atoms with Crippen LogP contribution in [-0.2, 0) is 14.8 Å². The van der Waals surface area contributed by atoms with Crippen molar-refractivity contribution in [3.8, 4) is 0 Å². The lowest BCUT2D eigenvalue weighted by Gasteiger charge is -2.30. The Hall–Kier alpha value is -1.46. The lowest BCUT2D eigenvalue weighted by atomic mass is 10.0. The van der Waals surface area contributed by atoms with E-state index in [4.69, 9.17) is 0 Å². The van der Waals surface area contributed by atoms with Crippen LogP contribution in [0, 0.1) is 6.92 Å². The van der Waals surface area contributed by atoms with Gasteiger partial charge in [-0.2, -0.15) is 4.31 Å². The van der Waals surface area contributed by atoms with E-state index >= 15 is 0 Å². The number of benzene rings is 1. The van der Waals surface area contributed by atoms with Crippen molar-refractivity contribution in [3.05, 3.63) is 41.5 Å². The Morgan fingerprint density at radius 3 is 2.32 bits per heavy atom. The number of Topliss-reactive ketones (excluding diaryl/α,β-unsaturated/α-hetero) is 1. The molecule has 19 heavy (non-hydrogen) atoms. The fourth-order valence-electron chi connectivity index (χ4n) is 2.10. The van der Waals surface area contributed by atoms with E-state index in [9.17, 15) is 13.2 Å². The molecule has 0 amide bonds. The highest BCUT2D eigenvalue weighted by Gasteiger charge is 2.35. The molecule has 0 radical (unpaired) electrons. The molecular weight excluding hydrogens is 262 g/mol. The monoisotopic (exact) mass is 279 g/mol. The Morgan fingerprint density at radius 1 is 1.16 bits per heavy atom. The second-order valence-corrected chi connectivity index (χ2v) is 6.71. The Bertz CT molecular complexity index is 629. The maximum atomic E-state index is 12.5. The van der Waals surface area contributed by atoms with Gasteiger partial charge in [0.25, 0.3) is 0 Å². The summed E-state index contributed by atoms with van der Waals surface area (Å²) in [4.78, 5) is 12.1. The van der Waals surface area contributed by atoms with Crippen LogP contribution in [0.4, 0.5) is 0 Å². The Morgan fingerprint density at radius 2 is 1.74 bits per heavy atom. The van der Waals surface area contributed by atoms with Gasteiger partial charge in [-0.15, -0.1) is 0 Å². The van der Waals surface area contributed by atoms with E-state index in [1.807, 2.05) is 6.92 Å². The molecule has 1 aliphatic heterocycles. The highest BCUT2D eigenvalue weighted by atomic mass is 32.2. The van der Waals surface area contributed by atoms with E-state index in [0.717, 1.165) is 5.56 Å². The minimum Gasteiger partial charge on any atom is -0.293 e. The fraction of sp³-hybridized carbons (Fsp3) is 0.357. The third kappa shape index (κ3) is 2.48. The average molecular weight is 279 g/mol. The van der Waals surface area contributed by atoms with Crippen molar-refractivity contribution in [2.75, 3.05) is 6.54 Å². The summed E-state index contributed by atoms with van der Waals surface area (Å²) in [6.45, 7) is 5.49. The van der Waals surface area contributed by atoms with Gasteiger partial charge < -0.3 is 0 Å². The highest BCUT2D eigenvalue weighted by Crippen LogP contribution is 2.23. The molecule has 4 nitrogen and oxygen atoms in total. The van der Waals surface area contributed by atoms with Crippen molar-refractivity contribution in [2.24, 2.45) is 0 Å². The lowest BCUT2D eigenvalue weighted by Crippen LogP contribution is -2.46. The molecule has 1 aliphatic rings. The second kappa shape index (κ2) is 4.90. The van der Waals surface area contributed by atoms with Crippen LogP contribution in [0.15, 0.2) is 40.8 Å². The molecule has 0 aromatic heterocycles. The number of carbonyl (C=O) groups excluding carboxylic acids is 1. The van der Waals surface area contributed by atoms with Crippen molar-refractivity contribution < 1.29 is 13.2 Å². The number of nitrogens with zero attached hydrogens (tertiary/aromatic N) is 1. The average Bonchev–Trinajstić information content (AvgIpc) is 2.36. The van der Waals surface area contributed by atoms with E-state index in [-0.39, 0.29) is 17.2 Å². The van der Waals surface area contributed by atoms with Gasteiger partial charge in [-0.25, -0.2) is 8.42 Å². The molecule has 1 atom stereocenters. The molecule has 0 spiro atoms. The van der Waals surface area contributed by atoms with Crippen molar-refractivity contribution in [2.45, 2.75) is 31.7 Å². The number of carbonyl (C=O) groups is 1. The first-order valence-electron chi connectivity index (χ1n) is 6.13. The van der Waals surface area contributed by atoms with Gasteiger partial charge in [0.05, 0.1) is 10.9 Å². The first-order valence-corrected chi connectivity index (χ1v) is 7.57. The fourth-order valence-corrected chi connectivity index (χ4v) is 3.63. The second-order valence-electron chi connectivity index (χ2n) is 4.82. The van der Waals surface area contributed by atoms with Crippen LogP contribution >= 0.6 is 0 Å². The molecule has 0 N–H and O–H groups in total. The summed E-state index contributed by atoms with van der Waals surface area (Å²) in [7, 11) is -3.62. The molecule has 1 aromatic rings. The van der Waals surface area contributed by atoms with Crippen molar-refractivity contribution in [3.63, 3.8) is 0 Å². The van der Waals surface area contributed by atoms with E-state index < -0.39 is 16.1 Å². The number of aryl methyl sites for hydroxylation is 1. The van der Waals surface area contributed by atoms with Crippen molar-refractivity contribution in [1.29, 1.82) is 0 Å². The van der Waals surface area contributed by atoms with Crippen LogP contribution in [0.5, 0.6) is 0 Å². The Balaban J connectivity index is 2.41. The van der Waals surface area contributed by atoms with E-state index in [0.29, 0.717) is 5.57 Å². The maximum absolute atomic E-state index is 12.5. The van der Waals surface area contributed by atoms with Gasteiger partial charge in [0.1, 0.15) is 0 Å². The summed E-state index contributed by atoms with van der Waals surface area (Å²) in [5.41, 5.74) is 1.63. The first-order chi connectivity index (χ1) is 8.84. The topological polar surface area (TPSA) is 54.5 Å². The van der Waals surface area contributed by atoms with Crippen molar-refractivity contribution in [1.82, 2.24) is 4.31 Å². The molecule has 0 bridgehead atoms. The zero-order valence-electron chi connectivity index (χ0n) is 11.3. The minimum atomic E-state index is -3.62. The number of ketones is 1. The van der Waals surface area contributed by atoms with Gasteiger partial charge in [0, 0.05) is 6.54 Å². The quantitative estimate of drug-likeness (QED) is 0.831. The van der Waals surface area contributed by atoms with Gasteiger partial charge in [-0.3, -0.25) is 4.79 Å². The molecular formula is C14H17NO3S. The van der Waals surface area contributed by atoms with Crippen molar-refractivity contribution >= 4 is 15.8 Å². The molecule has 1 aromatic carbocycles. The van der Waals surface area contributed by atoms with Gasteiger partial charge in [0.2, 0.25) is 10.0 Å². The summed E-state index contributed by atoms with van der Waals surface area (Å²) < 4.78 is 26.3. The first kappa shape index (κ1) is 14.0. The predicted molar refractivity (Wildman–Crippen MR) is 73.3 cm³/mol. The molecule has 5 heteroatoms. The minimum absolute atomic E-state index is 0.137. The SMILES string of the molecule is CC1=CCN(S(=O)(=O)c2ccc(C)cc2)C(C)C1=O. The summed E-state index contributed by atoms with van der Waals surface area (Å²) >= 11 is 0. The summed E-state index contributed by atoms with van der Waals surface area (Å²) in [5.74, 6) is -0.137. The van der Waals surface area contributed by atoms with Crippen LogP contribution in [0.3, 0.4) is 0 Å². The lowest BCUT2D eigenvalue weighted by molar-refractivity contribution is -0.119. The van der Waals surface area contributed by atoms with E-state index in [1.165, 1.54) is 4.31 Å². The molecule has 0 aliphatic carbocycles. The summed E-state index contributed by atoms with van der Waals surface area (Å²) in [5, 5.41) is 0. The summed E-state index contributed by atoms with van der Waals surface area (Å²) in [6, 6.07) is 6.02. The van der Waals surface area contributed by atoms with Crippen LogP contribution in [-0.4, -0.2) is 31.1 Å². The zero-order valence-corrected chi connectivity index (χ0v) is 12.1. The number of rotatable bonds is 2. The van der Waals surface area contributed by atoms with Gasteiger partial charge >= 0.3 is 0 Å². The molecule has 1 heterocycles. The highest BCUT2D eigenvalue weighted by molar-refractivity contribution is 7.89. The van der Waals surface area contributed by atoms with E-state index in [1.54, 1.807) is 44.2 Å². The Kier molecular flexibility index (Phi) is 3.60. The third-order valence-corrected chi connectivity index (χ3v) is 5.36. The molecule has 0 saturated heterocycles. The molecule has 0 saturated carbocycles. The number of hydrogen-bond donors (Lipinski definition) is 0. The standard InChI is InChI=1S/C14H17NO3S/c1-10-4-6-13(7-5-10)19(17,18)15-9-8-11(2)14(16)12(15)3/h4-8,12H,9H2,1-3H3. The normalized spacial score (nSPS) is 21.3. The molecule has 102 valence electrons. The van der Waals surface area contributed by atoms with E-state index in [2.05, 4.69) is 0 Å². The van der Waals surface area contributed by atoms with Crippen LogP contribution in [0.2, 0.25) is 0 Å². The summed E-state index contributed by atoms with van der Waals surface area (Å²) in [6.07, 6.45) is 1.66. The van der Waals surface area contributed by atoms with Crippen LogP contribution in [0.1, 0.15) is 19.4 Å². The zero-order chi connectivity index (χ0) is 14.2. The van der Waals surface area contributed by atoms with Gasteiger partial charge in [0.15, 0.2) is 5.78 Å². The molecule has 0 fully saturated rings. The van der Waals surface area contributed by atoms with Crippen LogP contribution in [0.25, 0.3) is 0 Å². The predicted octanol–water partition coefficient (Wildman–Crippen LogP) is 1.90. The maximum Gasteiger partial charge on any atom is 0.244 e. The Labute approximate surface area is 113 Å².